The molecule has 0 aliphatic carbocycles. The molecule has 1 aliphatic heterocycles. The van der Waals surface area contributed by atoms with Crippen LogP contribution in [-0.4, -0.2) is 48.6 Å². The summed E-state index contributed by atoms with van der Waals surface area (Å²) in [5.41, 5.74) is 2.28. The molecule has 2 heterocycles. The van der Waals surface area contributed by atoms with Gasteiger partial charge in [-0.2, -0.15) is 0 Å². The Morgan fingerprint density at radius 2 is 2.00 bits per heavy atom. The smallest absolute Gasteiger partial charge is 0.165 e. The molecular formula is C15H20N3OS+. The number of aromatic amines is 1. The average Bonchev–Trinajstić information content (AvgIpc) is 2.98. The van der Waals surface area contributed by atoms with Crippen molar-refractivity contribution in [2.24, 2.45) is 0 Å². The zero-order valence-corrected chi connectivity index (χ0v) is 12.3. The molecule has 3 rings (SSSR count). The average molecular weight is 290 g/mol. The molecule has 0 unspecified atom stereocenters. The minimum absolute atomic E-state index is 0.902. The Balaban J connectivity index is 1.50. The zero-order valence-electron chi connectivity index (χ0n) is 11.5. The van der Waals surface area contributed by atoms with Crippen LogP contribution in [0.2, 0.25) is 0 Å². The number of benzene rings is 1. The van der Waals surface area contributed by atoms with Crippen molar-refractivity contribution < 1.29 is 9.64 Å². The number of imidazole rings is 1. The number of aromatic nitrogens is 2. The highest BCUT2D eigenvalue weighted by molar-refractivity contribution is 7.99. The Kier molecular flexibility index (Phi) is 4.73. The summed E-state index contributed by atoms with van der Waals surface area (Å²) >= 11 is 1.80. The van der Waals surface area contributed by atoms with E-state index in [2.05, 4.69) is 22.1 Å². The summed E-state index contributed by atoms with van der Waals surface area (Å²) < 4.78 is 5.37. The van der Waals surface area contributed by atoms with Gasteiger partial charge in [0.2, 0.25) is 0 Å². The molecule has 0 amide bonds. The third-order valence-corrected chi connectivity index (χ3v) is 4.42. The van der Waals surface area contributed by atoms with Gasteiger partial charge in [0.25, 0.3) is 0 Å². The molecule has 0 spiro atoms. The maximum Gasteiger partial charge on any atom is 0.165 e. The second kappa shape index (κ2) is 6.92. The summed E-state index contributed by atoms with van der Waals surface area (Å²) in [6.07, 6.45) is 1.92. The Labute approximate surface area is 123 Å². The van der Waals surface area contributed by atoms with Gasteiger partial charge in [0.05, 0.1) is 37.4 Å². The van der Waals surface area contributed by atoms with E-state index in [1.165, 1.54) is 12.1 Å². The number of nitrogens with zero attached hydrogens (tertiary/aromatic N) is 1. The quantitative estimate of drug-likeness (QED) is 0.810. The summed E-state index contributed by atoms with van der Waals surface area (Å²) in [6.45, 7) is 5.25. The summed E-state index contributed by atoms with van der Waals surface area (Å²) in [6, 6.07) is 10.3. The van der Waals surface area contributed by atoms with Crippen LogP contribution in [0, 0.1) is 0 Å². The van der Waals surface area contributed by atoms with Crippen LogP contribution in [0.4, 0.5) is 0 Å². The van der Waals surface area contributed by atoms with Gasteiger partial charge in [-0.3, -0.25) is 0 Å². The number of quaternary nitrogens is 1. The highest BCUT2D eigenvalue weighted by Crippen LogP contribution is 2.20. The molecular weight excluding hydrogens is 270 g/mol. The van der Waals surface area contributed by atoms with Crippen molar-refractivity contribution >= 4 is 11.8 Å². The molecule has 1 fully saturated rings. The predicted octanol–water partition coefficient (Wildman–Crippen LogP) is 1.08. The molecule has 0 bridgehead atoms. The van der Waals surface area contributed by atoms with E-state index in [9.17, 15) is 0 Å². The van der Waals surface area contributed by atoms with Gasteiger partial charge in [-0.25, -0.2) is 4.98 Å². The van der Waals surface area contributed by atoms with Crippen LogP contribution in [0.15, 0.2) is 41.7 Å². The third kappa shape index (κ3) is 3.62. The second-order valence-electron chi connectivity index (χ2n) is 4.93. The zero-order chi connectivity index (χ0) is 13.6. The summed E-state index contributed by atoms with van der Waals surface area (Å²) in [5.74, 6) is 1.09. The van der Waals surface area contributed by atoms with Crippen molar-refractivity contribution in [2.75, 3.05) is 38.6 Å². The van der Waals surface area contributed by atoms with Crippen molar-refractivity contribution in [3.63, 3.8) is 0 Å². The lowest BCUT2D eigenvalue weighted by molar-refractivity contribution is -0.905. The number of rotatable bonds is 5. The van der Waals surface area contributed by atoms with Crippen LogP contribution in [0.25, 0.3) is 11.3 Å². The first-order chi connectivity index (χ1) is 9.92. The first-order valence-electron chi connectivity index (χ1n) is 7.06. The summed E-state index contributed by atoms with van der Waals surface area (Å²) in [4.78, 5) is 9.47. The van der Waals surface area contributed by atoms with E-state index in [4.69, 9.17) is 4.74 Å². The number of nitrogens with one attached hydrogen (secondary N) is 2. The normalized spacial score (nSPS) is 16.4. The fraction of sp³-hybridized carbons (Fsp3) is 0.400. The number of thioether (sulfide) groups is 1. The molecule has 1 aromatic carbocycles. The number of hydrogen-bond donors (Lipinski definition) is 2. The summed E-state index contributed by atoms with van der Waals surface area (Å²) in [7, 11) is 0. The molecule has 1 saturated heterocycles. The molecule has 20 heavy (non-hydrogen) atoms. The minimum Gasteiger partial charge on any atom is -0.370 e. The molecule has 0 saturated carbocycles. The number of hydrogen-bond acceptors (Lipinski definition) is 3. The van der Waals surface area contributed by atoms with Gasteiger partial charge < -0.3 is 14.6 Å². The van der Waals surface area contributed by atoms with E-state index in [1.54, 1.807) is 16.7 Å². The highest BCUT2D eigenvalue weighted by Gasteiger charge is 2.13. The van der Waals surface area contributed by atoms with Crippen molar-refractivity contribution in [3.8, 4) is 11.3 Å². The lowest BCUT2D eigenvalue weighted by atomic mass is 10.2. The maximum atomic E-state index is 5.37. The van der Waals surface area contributed by atoms with Gasteiger partial charge in [0.15, 0.2) is 5.16 Å². The van der Waals surface area contributed by atoms with Crippen LogP contribution in [0.3, 0.4) is 0 Å². The molecule has 2 N–H and O–H groups in total. The number of H-pyrrole nitrogens is 1. The standard InChI is InChI=1S/C15H19N3OS/c1-2-4-13(5-3-1)14-12-16-15(17-14)20-11-8-18-6-9-19-10-7-18/h1-5,12H,6-11H2,(H,16,17)/p+1. The van der Waals surface area contributed by atoms with Crippen LogP contribution in [0.1, 0.15) is 0 Å². The lowest BCUT2D eigenvalue weighted by Gasteiger charge is -2.23. The van der Waals surface area contributed by atoms with Gasteiger partial charge in [-0.05, 0) is 5.56 Å². The molecule has 0 atom stereocenters. The van der Waals surface area contributed by atoms with E-state index in [-0.39, 0.29) is 0 Å². The predicted molar refractivity (Wildman–Crippen MR) is 81.1 cm³/mol. The first-order valence-corrected chi connectivity index (χ1v) is 8.05. The Bertz CT molecular complexity index is 523. The summed E-state index contributed by atoms with van der Waals surface area (Å²) in [5, 5.41) is 1.01. The van der Waals surface area contributed by atoms with Crippen molar-refractivity contribution in [1.82, 2.24) is 9.97 Å². The van der Waals surface area contributed by atoms with E-state index >= 15 is 0 Å². The molecule has 106 valence electrons. The fourth-order valence-corrected chi connectivity index (χ4v) is 3.24. The first kappa shape index (κ1) is 13.7. The minimum atomic E-state index is 0.902. The van der Waals surface area contributed by atoms with Gasteiger partial charge in [-0.15, -0.1) is 0 Å². The van der Waals surface area contributed by atoms with E-state index in [0.29, 0.717) is 0 Å². The topological polar surface area (TPSA) is 42.4 Å². The Hall–Kier alpha value is -1.30. The third-order valence-electron chi connectivity index (χ3n) is 3.53. The Morgan fingerprint density at radius 1 is 1.20 bits per heavy atom. The van der Waals surface area contributed by atoms with Gasteiger partial charge in [0.1, 0.15) is 13.1 Å². The van der Waals surface area contributed by atoms with Crippen LogP contribution >= 0.6 is 11.8 Å². The van der Waals surface area contributed by atoms with E-state index in [1.807, 2.05) is 24.4 Å². The number of ether oxygens (including phenoxy) is 1. The second-order valence-corrected chi connectivity index (χ2v) is 6.01. The lowest BCUT2D eigenvalue weighted by Crippen LogP contribution is -3.14. The van der Waals surface area contributed by atoms with Crippen molar-refractivity contribution in [2.45, 2.75) is 5.16 Å². The van der Waals surface area contributed by atoms with Crippen molar-refractivity contribution in [3.05, 3.63) is 36.5 Å². The highest BCUT2D eigenvalue weighted by atomic mass is 32.2. The SMILES string of the molecule is c1ccc(-c2cnc(SCC[NH+]3CCOCC3)[nH]2)cc1. The molecule has 0 radical (unpaired) electrons. The Morgan fingerprint density at radius 3 is 2.80 bits per heavy atom. The molecule has 5 heteroatoms. The van der Waals surface area contributed by atoms with Gasteiger partial charge >= 0.3 is 0 Å². The number of morpholine rings is 1. The maximum absolute atomic E-state index is 5.37. The van der Waals surface area contributed by atoms with Crippen molar-refractivity contribution in [1.29, 1.82) is 0 Å². The van der Waals surface area contributed by atoms with E-state index < -0.39 is 0 Å². The molecule has 4 nitrogen and oxygen atoms in total. The van der Waals surface area contributed by atoms with E-state index in [0.717, 1.165) is 42.9 Å². The van der Waals surface area contributed by atoms with Crippen LogP contribution in [0.5, 0.6) is 0 Å². The largest absolute Gasteiger partial charge is 0.370 e. The van der Waals surface area contributed by atoms with Gasteiger partial charge in [0, 0.05) is 0 Å². The van der Waals surface area contributed by atoms with Crippen LogP contribution in [-0.2, 0) is 4.74 Å². The fourth-order valence-electron chi connectivity index (χ4n) is 2.34. The molecule has 1 aromatic heterocycles. The van der Waals surface area contributed by atoms with Gasteiger partial charge in [-0.1, -0.05) is 42.1 Å². The molecule has 1 aliphatic rings. The molecule has 2 aromatic rings. The monoisotopic (exact) mass is 290 g/mol. The van der Waals surface area contributed by atoms with Crippen LogP contribution < -0.4 is 4.90 Å².